The van der Waals surface area contributed by atoms with Crippen molar-refractivity contribution in [1.29, 1.82) is 0 Å². The molecule has 0 fully saturated rings. The lowest BCUT2D eigenvalue weighted by molar-refractivity contribution is -0.118. The second-order valence-electron chi connectivity index (χ2n) is 4.26. The van der Waals surface area contributed by atoms with E-state index in [0.717, 1.165) is 0 Å². The molecule has 0 heterocycles. The Morgan fingerprint density at radius 3 is 2.50 bits per heavy atom. The van der Waals surface area contributed by atoms with Gasteiger partial charge in [-0.25, -0.2) is 4.79 Å². The third-order valence-corrected chi connectivity index (χ3v) is 3.43. The Labute approximate surface area is 136 Å². The maximum atomic E-state index is 11.8. The van der Waals surface area contributed by atoms with Gasteiger partial charge in [-0.3, -0.25) is 4.79 Å². The number of anilines is 1. The van der Waals surface area contributed by atoms with Crippen LogP contribution in [0, 0.1) is 0 Å². The summed E-state index contributed by atoms with van der Waals surface area (Å²) >= 11 is 11.6. The molecule has 0 saturated heterocycles. The van der Waals surface area contributed by atoms with E-state index in [0.29, 0.717) is 15.8 Å². The van der Waals surface area contributed by atoms with Gasteiger partial charge in [-0.2, -0.15) is 0 Å². The first kappa shape index (κ1) is 16.1. The highest BCUT2D eigenvalue weighted by molar-refractivity contribution is 6.42. The lowest BCUT2D eigenvalue weighted by Crippen LogP contribution is -2.21. The predicted molar refractivity (Wildman–Crippen MR) is 84.0 cm³/mol. The van der Waals surface area contributed by atoms with Gasteiger partial charge in [0.2, 0.25) is 0 Å². The molecule has 0 spiro atoms. The molecule has 0 bridgehead atoms. The molecule has 0 atom stereocenters. The van der Waals surface area contributed by atoms with Crippen molar-refractivity contribution >= 4 is 40.8 Å². The zero-order valence-corrected chi connectivity index (χ0v) is 12.7. The number of hydrogen-bond donors (Lipinski definition) is 2. The molecule has 0 aliphatic rings. The molecule has 0 aromatic heterocycles. The van der Waals surface area contributed by atoms with Crippen LogP contribution in [0.25, 0.3) is 0 Å². The summed E-state index contributed by atoms with van der Waals surface area (Å²) in [4.78, 5) is 22.9. The zero-order chi connectivity index (χ0) is 16.1. The van der Waals surface area contributed by atoms with Crippen molar-refractivity contribution in [2.45, 2.75) is 0 Å². The van der Waals surface area contributed by atoms with Crippen molar-refractivity contribution in [3.05, 3.63) is 58.1 Å². The number of nitrogens with one attached hydrogen (secondary N) is 1. The van der Waals surface area contributed by atoms with Gasteiger partial charge in [-0.1, -0.05) is 35.3 Å². The number of carbonyl (C=O) groups excluding carboxylic acids is 1. The fraction of sp³-hybridized carbons (Fsp3) is 0.0667. The maximum Gasteiger partial charge on any atom is 0.337 e. The van der Waals surface area contributed by atoms with Crippen LogP contribution in [0.1, 0.15) is 10.4 Å². The van der Waals surface area contributed by atoms with Crippen LogP contribution in [0.15, 0.2) is 42.5 Å². The number of halogens is 2. The fourth-order valence-electron chi connectivity index (χ4n) is 1.68. The van der Waals surface area contributed by atoms with Gasteiger partial charge in [-0.15, -0.1) is 0 Å². The molecular weight excluding hydrogens is 329 g/mol. The normalized spacial score (nSPS) is 10.1. The fourth-order valence-corrected chi connectivity index (χ4v) is 1.97. The number of carboxylic acids is 1. The summed E-state index contributed by atoms with van der Waals surface area (Å²) in [5, 5.41) is 12.2. The molecule has 2 aromatic rings. The van der Waals surface area contributed by atoms with Crippen LogP contribution in [0.2, 0.25) is 10.0 Å². The monoisotopic (exact) mass is 339 g/mol. The van der Waals surface area contributed by atoms with Crippen LogP contribution < -0.4 is 10.1 Å². The Hall–Kier alpha value is -2.24. The van der Waals surface area contributed by atoms with E-state index in [1.54, 1.807) is 24.3 Å². The summed E-state index contributed by atoms with van der Waals surface area (Å²) in [5.41, 5.74) is 0.211. The third-order valence-electron chi connectivity index (χ3n) is 2.69. The van der Waals surface area contributed by atoms with Gasteiger partial charge in [0.25, 0.3) is 5.91 Å². The number of aromatic carboxylic acids is 1. The van der Waals surface area contributed by atoms with E-state index in [9.17, 15) is 9.59 Å². The van der Waals surface area contributed by atoms with Crippen LogP contribution in [0.5, 0.6) is 5.75 Å². The number of carbonyl (C=O) groups is 2. The summed E-state index contributed by atoms with van der Waals surface area (Å²) in [5.74, 6) is -1.22. The molecule has 22 heavy (non-hydrogen) atoms. The van der Waals surface area contributed by atoms with Crippen LogP contribution in [0.4, 0.5) is 5.69 Å². The largest absolute Gasteiger partial charge is 0.484 e. The average molecular weight is 340 g/mol. The zero-order valence-electron chi connectivity index (χ0n) is 11.2. The highest BCUT2D eigenvalue weighted by Gasteiger charge is 2.12. The summed E-state index contributed by atoms with van der Waals surface area (Å²) in [6.07, 6.45) is 0. The number of amides is 1. The average Bonchev–Trinajstić information content (AvgIpc) is 2.49. The van der Waals surface area contributed by atoms with E-state index in [2.05, 4.69) is 5.32 Å². The van der Waals surface area contributed by atoms with Gasteiger partial charge >= 0.3 is 5.97 Å². The van der Waals surface area contributed by atoms with Crippen LogP contribution in [0.3, 0.4) is 0 Å². The summed E-state index contributed by atoms with van der Waals surface area (Å²) in [6, 6.07) is 10.7. The minimum Gasteiger partial charge on any atom is -0.484 e. The summed E-state index contributed by atoms with van der Waals surface area (Å²) < 4.78 is 5.27. The molecule has 0 aliphatic carbocycles. The van der Waals surface area contributed by atoms with Crippen LogP contribution in [-0.2, 0) is 4.79 Å². The summed E-state index contributed by atoms with van der Waals surface area (Å²) in [7, 11) is 0. The minimum absolute atomic E-state index is 0.00499. The van der Waals surface area contributed by atoms with Crippen molar-refractivity contribution in [2.24, 2.45) is 0 Å². The van der Waals surface area contributed by atoms with Gasteiger partial charge < -0.3 is 15.2 Å². The van der Waals surface area contributed by atoms with Gasteiger partial charge in [0, 0.05) is 6.07 Å². The van der Waals surface area contributed by atoms with Gasteiger partial charge in [0.1, 0.15) is 5.75 Å². The van der Waals surface area contributed by atoms with E-state index in [1.165, 1.54) is 18.2 Å². The predicted octanol–water partition coefficient (Wildman–Crippen LogP) is 3.71. The second kappa shape index (κ2) is 7.15. The smallest absolute Gasteiger partial charge is 0.337 e. The highest BCUT2D eigenvalue weighted by atomic mass is 35.5. The molecule has 114 valence electrons. The molecular formula is C15H11Cl2NO4. The molecule has 2 rings (SSSR count). The first-order chi connectivity index (χ1) is 10.5. The lowest BCUT2D eigenvalue weighted by Gasteiger charge is -2.10. The molecule has 1 amide bonds. The molecule has 7 heteroatoms. The maximum absolute atomic E-state index is 11.8. The van der Waals surface area contributed by atoms with E-state index < -0.39 is 11.9 Å². The summed E-state index contributed by atoms with van der Waals surface area (Å²) in [6.45, 7) is -0.286. The van der Waals surface area contributed by atoms with E-state index in [-0.39, 0.29) is 17.9 Å². The second-order valence-corrected chi connectivity index (χ2v) is 5.08. The van der Waals surface area contributed by atoms with E-state index >= 15 is 0 Å². The minimum atomic E-state index is -1.12. The number of rotatable bonds is 5. The molecule has 0 radical (unpaired) electrons. The number of ether oxygens (including phenoxy) is 1. The first-order valence-electron chi connectivity index (χ1n) is 6.17. The van der Waals surface area contributed by atoms with Crippen molar-refractivity contribution in [3.8, 4) is 5.75 Å². The van der Waals surface area contributed by atoms with Crippen molar-refractivity contribution < 1.29 is 19.4 Å². The third kappa shape index (κ3) is 4.13. The van der Waals surface area contributed by atoms with Crippen molar-refractivity contribution in [2.75, 3.05) is 11.9 Å². The topological polar surface area (TPSA) is 75.6 Å². The Morgan fingerprint density at radius 2 is 1.82 bits per heavy atom. The van der Waals surface area contributed by atoms with E-state index in [1.807, 2.05) is 0 Å². The highest BCUT2D eigenvalue weighted by Crippen LogP contribution is 2.26. The molecule has 2 aromatic carbocycles. The van der Waals surface area contributed by atoms with Crippen molar-refractivity contribution in [1.82, 2.24) is 0 Å². The molecule has 0 saturated carbocycles. The van der Waals surface area contributed by atoms with Crippen LogP contribution >= 0.6 is 23.2 Å². The lowest BCUT2D eigenvalue weighted by atomic mass is 10.2. The number of carboxylic acid groups (broad SMARTS) is 1. The molecule has 0 aliphatic heterocycles. The Kier molecular flexibility index (Phi) is 5.25. The molecule has 2 N–H and O–H groups in total. The van der Waals surface area contributed by atoms with Gasteiger partial charge in [0.15, 0.2) is 6.61 Å². The first-order valence-corrected chi connectivity index (χ1v) is 6.93. The van der Waals surface area contributed by atoms with Crippen LogP contribution in [-0.4, -0.2) is 23.6 Å². The molecule has 5 nitrogen and oxygen atoms in total. The SMILES string of the molecule is O=C(COc1ccc(Cl)c(Cl)c1)Nc1ccccc1C(=O)O. The molecule has 0 unspecified atom stereocenters. The number of para-hydroxylation sites is 1. The van der Waals surface area contributed by atoms with E-state index in [4.69, 9.17) is 33.0 Å². The Bertz CT molecular complexity index is 718. The number of benzene rings is 2. The Balaban J connectivity index is 1.99. The van der Waals surface area contributed by atoms with Gasteiger partial charge in [-0.05, 0) is 24.3 Å². The van der Waals surface area contributed by atoms with Crippen molar-refractivity contribution in [3.63, 3.8) is 0 Å². The standard InChI is InChI=1S/C15H11Cl2NO4/c16-11-6-5-9(7-12(11)17)22-8-14(19)18-13-4-2-1-3-10(13)15(20)21/h1-7H,8H2,(H,18,19)(H,20,21). The van der Waals surface area contributed by atoms with Gasteiger partial charge in [0.05, 0.1) is 21.3 Å². The Morgan fingerprint density at radius 1 is 1.09 bits per heavy atom. The number of hydrogen-bond acceptors (Lipinski definition) is 3. The quantitative estimate of drug-likeness (QED) is 0.870.